The Morgan fingerprint density at radius 3 is 2.74 bits per heavy atom. The largest absolute Gasteiger partial charge is 0.419 e. The van der Waals surface area contributed by atoms with Gasteiger partial charge >= 0.3 is 0 Å². The van der Waals surface area contributed by atoms with E-state index in [2.05, 4.69) is 15.2 Å². The van der Waals surface area contributed by atoms with E-state index < -0.39 is 0 Å². The van der Waals surface area contributed by atoms with Crippen molar-refractivity contribution in [2.75, 3.05) is 13.1 Å². The van der Waals surface area contributed by atoms with E-state index in [-0.39, 0.29) is 24.1 Å². The van der Waals surface area contributed by atoms with E-state index in [4.69, 9.17) is 4.42 Å². The second-order valence-electron chi connectivity index (χ2n) is 7.79. The first kappa shape index (κ1) is 19.4. The molecule has 0 saturated carbocycles. The molecule has 6 nitrogen and oxygen atoms in total. The van der Waals surface area contributed by atoms with E-state index in [0.717, 1.165) is 23.6 Å². The van der Waals surface area contributed by atoms with Gasteiger partial charge in [0.05, 0.1) is 6.42 Å². The molecule has 0 radical (unpaired) electrons. The molecule has 2 aromatic carbocycles. The molecule has 7 heteroatoms. The highest BCUT2D eigenvalue weighted by molar-refractivity contribution is 5.92. The van der Waals surface area contributed by atoms with Gasteiger partial charge < -0.3 is 9.32 Å². The summed E-state index contributed by atoms with van der Waals surface area (Å²) in [5.74, 6) is 0.792. The van der Waals surface area contributed by atoms with Crippen LogP contribution in [0, 0.1) is 5.82 Å². The van der Waals surface area contributed by atoms with Crippen LogP contribution in [-0.4, -0.2) is 39.1 Å². The molecule has 0 aliphatic carbocycles. The third kappa shape index (κ3) is 4.03. The molecule has 156 valence electrons. The van der Waals surface area contributed by atoms with Crippen LogP contribution in [0.3, 0.4) is 0 Å². The molecule has 4 aromatic rings. The van der Waals surface area contributed by atoms with Crippen LogP contribution in [0.1, 0.15) is 30.2 Å². The summed E-state index contributed by atoms with van der Waals surface area (Å²) in [5, 5.41) is 10.5. The maximum atomic E-state index is 13.4. The van der Waals surface area contributed by atoms with E-state index in [1.54, 1.807) is 18.3 Å². The Bertz CT molecular complexity index is 1230. The Morgan fingerprint density at radius 2 is 1.90 bits per heavy atom. The van der Waals surface area contributed by atoms with Gasteiger partial charge in [0.2, 0.25) is 11.8 Å². The molecule has 0 spiro atoms. The Kier molecular flexibility index (Phi) is 5.16. The lowest BCUT2D eigenvalue weighted by molar-refractivity contribution is -0.131. The zero-order chi connectivity index (χ0) is 21.2. The normalized spacial score (nSPS) is 14.8. The molecule has 1 fully saturated rings. The lowest BCUT2D eigenvalue weighted by atomic mass is 9.96. The fraction of sp³-hybridized carbons (Fsp3) is 0.250. The molecule has 1 aliphatic rings. The summed E-state index contributed by atoms with van der Waals surface area (Å²) in [6.07, 6.45) is 3.45. The number of nitrogens with zero attached hydrogens (tertiary/aromatic N) is 4. The van der Waals surface area contributed by atoms with Crippen LogP contribution >= 0.6 is 0 Å². The number of fused-ring (bicyclic) bond motifs is 1. The van der Waals surface area contributed by atoms with Crippen molar-refractivity contribution in [3.05, 3.63) is 78.1 Å². The van der Waals surface area contributed by atoms with Gasteiger partial charge in [0.1, 0.15) is 11.5 Å². The zero-order valence-corrected chi connectivity index (χ0v) is 16.9. The summed E-state index contributed by atoms with van der Waals surface area (Å²) >= 11 is 0. The van der Waals surface area contributed by atoms with E-state index in [0.29, 0.717) is 36.1 Å². The predicted octanol–water partition coefficient (Wildman–Crippen LogP) is 4.37. The molecule has 0 atom stereocenters. The number of hydrogen-bond acceptors (Lipinski definition) is 5. The first-order valence-electron chi connectivity index (χ1n) is 10.4. The van der Waals surface area contributed by atoms with Crippen molar-refractivity contribution in [3.63, 3.8) is 0 Å². The summed E-state index contributed by atoms with van der Waals surface area (Å²) in [6.45, 7) is 1.23. The van der Waals surface area contributed by atoms with Crippen molar-refractivity contribution in [1.29, 1.82) is 0 Å². The molecule has 31 heavy (non-hydrogen) atoms. The number of carbonyl (C=O) groups is 1. The minimum atomic E-state index is -0.322. The number of pyridine rings is 1. The summed E-state index contributed by atoms with van der Waals surface area (Å²) in [7, 11) is 0. The average Bonchev–Trinajstić information content (AvgIpc) is 3.29. The molecule has 0 bridgehead atoms. The van der Waals surface area contributed by atoms with Crippen molar-refractivity contribution in [1.82, 2.24) is 20.1 Å². The minimum absolute atomic E-state index is 0.00947. The fourth-order valence-corrected chi connectivity index (χ4v) is 4.09. The molecule has 2 aromatic heterocycles. The summed E-state index contributed by atoms with van der Waals surface area (Å²) in [4.78, 5) is 18.8. The molecule has 0 N–H and O–H groups in total. The molecule has 3 heterocycles. The monoisotopic (exact) mass is 416 g/mol. The molecular weight excluding hydrogens is 395 g/mol. The number of halogens is 1. The van der Waals surface area contributed by atoms with Gasteiger partial charge in [0, 0.05) is 30.6 Å². The van der Waals surface area contributed by atoms with Crippen LogP contribution in [-0.2, 0) is 11.2 Å². The number of likely N-dealkylation sites (tertiary alicyclic amines) is 1. The molecule has 1 saturated heterocycles. The number of aromatic nitrogens is 3. The van der Waals surface area contributed by atoms with Gasteiger partial charge in [0.15, 0.2) is 0 Å². The molecular formula is C24H21FN4O2. The molecule has 1 aliphatic heterocycles. The molecule has 5 rings (SSSR count). The highest BCUT2D eigenvalue weighted by Gasteiger charge is 2.28. The SMILES string of the molecule is O=C(Cc1cccc(F)c1)N1CCC(c2nnc(-c3nccc4ccccc34)o2)CC1. The zero-order valence-electron chi connectivity index (χ0n) is 16.9. The quantitative estimate of drug-likeness (QED) is 0.494. The van der Waals surface area contributed by atoms with Crippen molar-refractivity contribution in [3.8, 4) is 11.6 Å². The highest BCUT2D eigenvalue weighted by Crippen LogP contribution is 2.31. The third-order valence-electron chi connectivity index (χ3n) is 5.76. The Labute approximate surface area is 178 Å². The van der Waals surface area contributed by atoms with Gasteiger partial charge in [-0.3, -0.25) is 9.78 Å². The number of benzene rings is 2. The Morgan fingerprint density at radius 1 is 1.06 bits per heavy atom. The van der Waals surface area contributed by atoms with Crippen LogP contribution in [0.4, 0.5) is 4.39 Å². The highest BCUT2D eigenvalue weighted by atomic mass is 19.1. The third-order valence-corrected chi connectivity index (χ3v) is 5.76. The number of hydrogen-bond donors (Lipinski definition) is 0. The predicted molar refractivity (Wildman–Crippen MR) is 114 cm³/mol. The molecule has 0 unspecified atom stereocenters. The van der Waals surface area contributed by atoms with Crippen LogP contribution < -0.4 is 0 Å². The van der Waals surface area contributed by atoms with E-state index in [9.17, 15) is 9.18 Å². The average molecular weight is 416 g/mol. The maximum Gasteiger partial charge on any atom is 0.266 e. The number of carbonyl (C=O) groups excluding carboxylic acids is 1. The van der Waals surface area contributed by atoms with Gasteiger partial charge in [-0.05, 0) is 42.0 Å². The van der Waals surface area contributed by atoms with Crippen molar-refractivity contribution >= 4 is 16.7 Å². The first-order valence-corrected chi connectivity index (χ1v) is 10.4. The van der Waals surface area contributed by atoms with Gasteiger partial charge in [-0.15, -0.1) is 10.2 Å². The van der Waals surface area contributed by atoms with Crippen LogP contribution in [0.15, 0.2) is 65.2 Å². The van der Waals surface area contributed by atoms with Crippen LogP contribution in [0.25, 0.3) is 22.4 Å². The standard InChI is InChI=1S/C24H21FN4O2/c25-19-6-3-4-16(14-19)15-21(30)29-12-9-18(10-13-29)23-27-28-24(31-23)22-20-7-2-1-5-17(20)8-11-26-22/h1-8,11,14,18H,9-10,12-13,15H2. The van der Waals surface area contributed by atoms with Crippen molar-refractivity contribution in [2.24, 2.45) is 0 Å². The fourth-order valence-electron chi connectivity index (χ4n) is 4.09. The second-order valence-corrected chi connectivity index (χ2v) is 7.79. The van der Waals surface area contributed by atoms with Gasteiger partial charge in [-0.1, -0.05) is 36.4 Å². The summed E-state index contributed by atoms with van der Waals surface area (Å²) < 4.78 is 19.3. The lowest BCUT2D eigenvalue weighted by Gasteiger charge is -2.30. The van der Waals surface area contributed by atoms with Gasteiger partial charge in [-0.25, -0.2) is 4.39 Å². The maximum absolute atomic E-state index is 13.4. The summed E-state index contributed by atoms with van der Waals surface area (Å²) in [5.41, 5.74) is 1.37. The van der Waals surface area contributed by atoms with Crippen molar-refractivity contribution < 1.29 is 13.6 Å². The van der Waals surface area contributed by atoms with Crippen LogP contribution in [0.2, 0.25) is 0 Å². The van der Waals surface area contributed by atoms with Crippen molar-refractivity contribution in [2.45, 2.75) is 25.2 Å². The minimum Gasteiger partial charge on any atom is -0.419 e. The van der Waals surface area contributed by atoms with Gasteiger partial charge in [0.25, 0.3) is 5.89 Å². The van der Waals surface area contributed by atoms with E-state index >= 15 is 0 Å². The smallest absolute Gasteiger partial charge is 0.266 e. The van der Waals surface area contributed by atoms with E-state index in [1.165, 1.54) is 12.1 Å². The van der Waals surface area contributed by atoms with Gasteiger partial charge in [-0.2, -0.15) is 0 Å². The number of amides is 1. The number of piperidine rings is 1. The molecule has 1 amide bonds. The topological polar surface area (TPSA) is 72.1 Å². The lowest BCUT2D eigenvalue weighted by Crippen LogP contribution is -2.38. The van der Waals surface area contributed by atoms with E-state index in [1.807, 2.05) is 35.2 Å². The first-order chi connectivity index (χ1) is 15.2. The Hall–Kier alpha value is -3.61. The number of rotatable bonds is 4. The second kappa shape index (κ2) is 8.26. The Balaban J connectivity index is 1.25. The summed E-state index contributed by atoms with van der Waals surface area (Å²) in [6, 6.07) is 16.1. The van der Waals surface area contributed by atoms with Crippen LogP contribution in [0.5, 0.6) is 0 Å².